The average Bonchev–Trinajstić information content (AvgIpc) is 3.14. The molecule has 2 aromatic carbocycles. The molecule has 0 saturated heterocycles. The van der Waals surface area contributed by atoms with Gasteiger partial charge in [-0.15, -0.1) is 5.10 Å². The molecule has 1 atom stereocenters. The van der Waals surface area contributed by atoms with Crippen LogP contribution in [-0.4, -0.2) is 37.8 Å². The Bertz CT molecular complexity index is 824. The minimum atomic E-state index is -0.793. The second-order valence-electron chi connectivity index (χ2n) is 5.05. The highest BCUT2D eigenvalue weighted by Crippen LogP contribution is 2.19. The van der Waals surface area contributed by atoms with Crippen molar-refractivity contribution in [2.24, 2.45) is 0 Å². The number of benzene rings is 2. The van der Waals surface area contributed by atoms with Gasteiger partial charge in [0, 0.05) is 11.6 Å². The van der Waals surface area contributed by atoms with Gasteiger partial charge in [0.05, 0.1) is 17.4 Å². The first-order chi connectivity index (χ1) is 11.6. The zero-order valence-electron chi connectivity index (χ0n) is 12.5. The first-order valence-electron chi connectivity index (χ1n) is 7.19. The number of hydrogen-bond acceptors (Lipinski definition) is 5. The van der Waals surface area contributed by atoms with Gasteiger partial charge in [0.25, 0.3) is 5.91 Å². The second kappa shape index (κ2) is 7.20. The maximum atomic E-state index is 12.5. The molecule has 0 aliphatic rings. The predicted molar refractivity (Wildman–Crippen MR) is 87.9 cm³/mol. The molecule has 24 heavy (non-hydrogen) atoms. The zero-order chi connectivity index (χ0) is 16.9. The third-order valence-electron chi connectivity index (χ3n) is 3.44. The van der Waals surface area contributed by atoms with Gasteiger partial charge in [-0.05, 0) is 34.2 Å². The van der Waals surface area contributed by atoms with Crippen LogP contribution in [0.3, 0.4) is 0 Å². The summed E-state index contributed by atoms with van der Waals surface area (Å²) in [5.41, 5.74) is 1.54. The maximum Gasteiger partial charge on any atom is 0.253 e. The molecule has 0 spiro atoms. The van der Waals surface area contributed by atoms with E-state index in [0.29, 0.717) is 16.3 Å². The minimum Gasteiger partial charge on any atom is -0.387 e. The summed E-state index contributed by atoms with van der Waals surface area (Å²) in [4.78, 5) is 12.5. The summed E-state index contributed by atoms with van der Waals surface area (Å²) in [6.45, 7) is 0.0838. The molecule has 0 aliphatic heterocycles. The summed E-state index contributed by atoms with van der Waals surface area (Å²) >= 11 is 5.99. The van der Waals surface area contributed by atoms with E-state index in [1.165, 1.54) is 11.0 Å². The van der Waals surface area contributed by atoms with E-state index < -0.39 is 6.10 Å². The van der Waals surface area contributed by atoms with Gasteiger partial charge in [-0.1, -0.05) is 41.9 Å². The SMILES string of the molecule is O=C(NC[C@H](O)c1ccccc1)c1ccc(Cl)cc1-n1cnnn1. The van der Waals surface area contributed by atoms with E-state index >= 15 is 0 Å². The van der Waals surface area contributed by atoms with Crippen LogP contribution < -0.4 is 5.32 Å². The smallest absolute Gasteiger partial charge is 0.253 e. The number of nitrogens with zero attached hydrogens (tertiary/aromatic N) is 4. The topological polar surface area (TPSA) is 92.9 Å². The lowest BCUT2D eigenvalue weighted by atomic mass is 10.1. The third-order valence-corrected chi connectivity index (χ3v) is 3.68. The predicted octanol–water partition coefficient (Wildman–Crippen LogP) is 1.78. The highest BCUT2D eigenvalue weighted by atomic mass is 35.5. The first kappa shape index (κ1) is 16.1. The van der Waals surface area contributed by atoms with Crippen molar-refractivity contribution < 1.29 is 9.90 Å². The van der Waals surface area contributed by atoms with Crippen LogP contribution in [0.2, 0.25) is 5.02 Å². The standard InChI is InChI=1S/C16H14ClN5O2/c17-12-6-7-13(14(8-12)22-10-19-20-21-22)16(24)18-9-15(23)11-4-2-1-3-5-11/h1-8,10,15,23H,9H2,(H,18,24)/t15-/m0/s1. The molecule has 3 aromatic rings. The lowest BCUT2D eigenvalue weighted by Crippen LogP contribution is -2.29. The highest BCUT2D eigenvalue weighted by molar-refractivity contribution is 6.31. The molecular weight excluding hydrogens is 330 g/mol. The first-order valence-corrected chi connectivity index (χ1v) is 7.57. The van der Waals surface area contributed by atoms with E-state index in [-0.39, 0.29) is 12.5 Å². The molecule has 0 unspecified atom stereocenters. The van der Waals surface area contributed by atoms with Crippen LogP contribution in [0.15, 0.2) is 54.9 Å². The van der Waals surface area contributed by atoms with E-state index in [9.17, 15) is 9.90 Å². The third kappa shape index (κ3) is 3.58. The molecule has 0 aliphatic carbocycles. The molecule has 1 heterocycles. The summed E-state index contributed by atoms with van der Waals surface area (Å²) in [6, 6.07) is 13.9. The molecule has 8 heteroatoms. The number of nitrogens with one attached hydrogen (secondary N) is 1. The van der Waals surface area contributed by atoms with Gasteiger partial charge in [0.15, 0.2) is 0 Å². The number of carbonyl (C=O) groups excluding carboxylic acids is 1. The molecule has 7 nitrogen and oxygen atoms in total. The second-order valence-corrected chi connectivity index (χ2v) is 5.49. The van der Waals surface area contributed by atoms with E-state index in [2.05, 4.69) is 20.8 Å². The van der Waals surface area contributed by atoms with Crippen molar-refractivity contribution in [1.29, 1.82) is 0 Å². The van der Waals surface area contributed by atoms with E-state index in [4.69, 9.17) is 11.6 Å². The van der Waals surface area contributed by atoms with Crippen molar-refractivity contribution in [3.63, 3.8) is 0 Å². The number of aliphatic hydroxyl groups excluding tert-OH is 1. The molecule has 2 N–H and O–H groups in total. The van der Waals surface area contributed by atoms with E-state index in [0.717, 1.165) is 5.56 Å². The fourth-order valence-electron chi connectivity index (χ4n) is 2.24. The summed E-state index contributed by atoms with van der Waals surface area (Å²) in [5.74, 6) is -0.354. The molecule has 1 aromatic heterocycles. The summed E-state index contributed by atoms with van der Waals surface area (Å²) < 4.78 is 1.36. The fraction of sp³-hybridized carbons (Fsp3) is 0.125. The van der Waals surface area contributed by atoms with Gasteiger partial charge in [-0.25, -0.2) is 0 Å². The summed E-state index contributed by atoms with van der Waals surface area (Å²) in [5, 5.41) is 24.2. The minimum absolute atomic E-state index is 0.0838. The van der Waals surface area contributed by atoms with Crippen LogP contribution in [0.4, 0.5) is 0 Å². The molecule has 0 bridgehead atoms. The molecule has 0 radical (unpaired) electrons. The van der Waals surface area contributed by atoms with Crippen molar-refractivity contribution in [2.75, 3.05) is 6.54 Å². The number of tetrazole rings is 1. The summed E-state index contributed by atoms with van der Waals surface area (Å²) in [7, 11) is 0. The number of rotatable bonds is 5. The number of aromatic nitrogens is 4. The average molecular weight is 344 g/mol. The Labute approximate surface area is 142 Å². The van der Waals surface area contributed by atoms with Crippen molar-refractivity contribution in [2.45, 2.75) is 6.10 Å². The van der Waals surface area contributed by atoms with E-state index in [1.807, 2.05) is 18.2 Å². The van der Waals surface area contributed by atoms with Crippen LogP contribution >= 0.6 is 11.6 Å². The molecule has 3 rings (SSSR count). The Hall–Kier alpha value is -2.77. The Morgan fingerprint density at radius 3 is 2.75 bits per heavy atom. The van der Waals surface area contributed by atoms with Gasteiger partial charge in [-0.2, -0.15) is 4.68 Å². The Balaban J connectivity index is 1.76. The number of aliphatic hydroxyl groups is 1. The lowest BCUT2D eigenvalue weighted by Gasteiger charge is -2.14. The molecular formula is C16H14ClN5O2. The van der Waals surface area contributed by atoms with Crippen molar-refractivity contribution in [3.05, 3.63) is 71.0 Å². The number of carbonyl (C=O) groups is 1. The zero-order valence-corrected chi connectivity index (χ0v) is 13.3. The fourth-order valence-corrected chi connectivity index (χ4v) is 2.40. The number of amides is 1. The monoisotopic (exact) mass is 343 g/mol. The Morgan fingerprint density at radius 2 is 2.04 bits per heavy atom. The summed E-state index contributed by atoms with van der Waals surface area (Å²) in [6.07, 6.45) is 0.584. The largest absolute Gasteiger partial charge is 0.387 e. The van der Waals surface area contributed by atoms with E-state index in [1.54, 1.807) is 30.3 Å². The molecule has 122 valence electrons. The van der Waals surface area contributed by atoms with Crippen molar-refractivity contribution in [1.82, 2.24) is 25.5 Å². The number of halogens is 1. The Morgan fingerprint density at radius 1 is 1.25 bits per heavy atom. The molecule has 0 fully saturated rings. The van der Waals surface area contributed by atoms with Gasteiger partial charge < -0.3 is 10.4 Å². The van der Waals surface area contributed by atoms with Crippen molar-refractivity contribution in [3.8, 4) is 5.69 Å². The van der Waals surface area contributed by atoms with Crippen LogP contribution in [-0.2, 0) is 0 Å². The quantitative estimate of drug-likeness (QED) is 0.736. The highest BCUT2D eigenvalue weighted by Gasteiger charge is 2.16. The molecule has 1 amide bonds. The van der Waals surface area contributed by atoms with Gasteiger partial charge >= 0.3 is 0 Å². The maximum absolute atomic E-state index is 12.5. The van der Waals surface area contributed by atoms with Gasteiger partial charge in [0.2, 0.25) is 0 Å². The van der Waals surface area contributed by atoms with Crippen LogP contribution in [0.5, 0.6) is 0 Å². The molecule has 0 saturated carbocycles. The van der Waals surface area contributed by atoms with Crippen LogP contribution in [0, 0.1) is 0 Å². The Kier molecular flexibility index (Phi) is 4.83. The van der Waals surface area contributed by atoms with Gasteiger partial charge in [0.1, 0.15) is 6.33 Å². The van der Waals surface area contributed by atoms with Crippen LogP contribution in [0.25, 0.3) is 5.69 Å². The van der Waals surface area contributed by atoms with Crippen LogP contribution in [0.1, 0.15) is 22.0 Å². The normalized spacial score (nSPS) is 11.9. The van der Waals surface area contributed by atoms with Crippen molar-refractivity contribution >= 4 is 17.5 Å². The van der Waals surface area contributed by atoms with Gasteiger partial charge in [-0.3, -0.25) is 4.79 Å². The lowest BCUT2D eigenvalue weighted by molar-refractivity contribution is 0.0916. The number of hydrogen-bond donors (Lipinski definition) is 2.